The van der Waals surface area contributed by atoms with E-state index in [4.69, 9.17) is 4.74 Å². The van der Waals surface area contributed by atoms with Crippen molar-refractivity contribution in [3.8, 4) is 0 Å². The summed E-state index contributed by atoms with van der Waals surface area (Å²) in [7, 11) is 0. The number of ether oxygens (including phenoxy) is 1. The van der Waals surface area contributed by atoms with E-state index in [9.17, 15) is 14.0 Å². The van der Waals surface area contributed by atoms with Crippen LogP contribution in [-0.2, 0) is 16.0 Å². The average molecular weight is 334 g/mol. The number of esters is 1. The Morgan fingerprint density at radius 3 is 3.09 bits per heavy atom. The van der Waals surface area contributed by atoms with Gasteiger partial charge in [-0.1, -0.05) is 12.1 Å². The number of halogens is 1. The van der Waals surface area contributed by atoms with Crippen molar-refractivity contribution in [3.63, 3.8) is 0 Å². The molecule has 1 atom stereocenters. The Morgan fingerprint density at radius 2 is 2.35 bits per heavy atom. The van der Waals surface area contributed by atoms with Crippen LogP contribution in [0.2, 0.25) is 0 Å². The number of nitrogens with one attached hydrogen (secondary N) is 1. The third-order valence-electron chi connectivity index (χ3n) is 3.51. The Morgan fingerprint density at radius 1 is 1.48 bits per heavy atom. The van der Waals surface area contributed by atoms with Crippen LogP contribution in [0, 0.1) is 5.82 Å². The summed E-state index contributed by atoms with van der Waals surface area (Å²) >= 11 is 1.33. The molecule has 1 saturated heterocycles. The molecule has 0 spiro atoms. The monoisotopic (exact) mass is 334 g/mol. The molecule has 1 aliphatic rings. The Bertz CT molecular complexity index is 732. The molecule has 1 aromatic heterocycles. The van der Waals surface area contributed by atoms with Crippen molar-refractivity contribution in [2.24, 2.45) is 0 Å². The van der Waals surface area contributed by atoms with Gasteiger partial charge in [-0.3, -0.25) is 4.79 Å². The smallest absolute Gasteiger partial charge is 0.357 e. The first-order chi connectivity index (χ1) is 11.1. The van der Waals surface area contributed by atoms with Gasteiger partial charge in [-0.15, -0.1) is 11.3 Å². The second-order valence-corrected chi connectivity index (χ2v) is 6.28. The summed E-state index contributed by atoms with van der Waals surface area (Å²) in [4.78, 5) is 27.3. The number of hydrogen-bond acceptors (Lipinski definition) is 5. The van der Waals surface area contributed by atoms with E-state index in [-0.39, 0.29) is 30.1 Å². The molecule has 3 rings (SSSR count). The molecule has 0 saturated carbocycles. The lowest BCUT2D eigenvalue weighted by atomic mass is 10.1. The fraction of sp³-hybridized carbons (Fsp3) is 0.312. The minimum atomic E-state index is -0.507. The minimum absolute atomic E-state index is 0.0166. The number of thiazole rings is 1. The van der Waals surface area contributed by atoms with Gasteiger partial charge < -0.3 is 10.1 Å². The van der Waals surface area contributed by atoms with Gasteiger partial charge in [0.2, 0.25) is 5.91 Å². The van der Waals surface area contributed by atoms with Crippen molar-refractivity contribution in [2.45, 2.75) is 25.3 Å². The zero-order valence-corrected chi connectivity index (χ0v) is 13.1. The van der Waals surface area contributed by atoms with E-state index >= 15 is 0 Å². The predicted octanol–water partition coefficient (Wildman–Crippen LogP) is 2.31. The first kappa shape index (κ1) is 15.6. The topological polar surface area (TPSA) is 68.3 Å². The van der Waals surface area contributed by atoms with E-state index in [1.54, 1.807) is 11.4 Å². The van der Waals surface area contributed by atoms with Crippen LogP contribution in [-0.4, -0.2) is 29.5 Å². The maximum atomic E-state index is 13.2. The van der Waals surface area contributed by atoms with Crippen LogP contribution < -0.4 is 5.32 Å². The van der Waals surface area contributed by atoms with Crippen LogP contribution in [0.5, 0.6) is 0 Å². The Labute approximate surface area is 136 Å². The van der Waals surface area contributed by atoms with E-state index in [0.717, 1.165) is 10.6 Å². The third kappa shape index (κ3) is 4.13. The molecule has 7 heteroatoms. The van der Waals surface area contributed by atoms with Crippen LogP contribution in [0.25, 0.3) is 0 Å². The van der Waals surface area contributed by atoms with E-state index < -0.39 is 5.97 Å². The highest BCUT2D eigenvalue weighted by Gasteiger charge is 2.22. The van der Waals surface area contributed by atoms with Crippen molar-refractivity contribution >= 4 is 23.2 Å². The van der Waals surface area contributed by atoms with Crippen LogP contribution in [0.3, 0.4) is 0 Å². The summed E-state index contributed by atoms with van der Waals surface area (Å²) < 4.78 is 18.3. The van der Waals surface area contributed by atoms with Gasteiger partial charge in [0.1, 0.15) is 12.4 Å². The van der Waals surface area contributed by atoms with Crippen molar-refractivity contribution in [1.82, 2.24) is 10.3 Å². The summed E-state index contributed by atoms with van der Waals surface area (Å²) in [6.07, 6.45) is 1.61. The molecule has 1 amide bonds. The molecule has 0 unspecified atom stereocenters. The van der Waals surface area contributed by atoms with Crippen molar-refractivity contribution in [1.29, 1.82) is 0 Å². The molecule has 120 valence electrons. The van der Waals surface area contributed by atoms with E-state index in [1.807, 2.05) is 6.07 Å². The highest BCUT2D eigenvalue weighted by atomic mass is 32.1. The maximum absolute atomic E-state index is 13.2. The molecule has 0 aliphatic carbocycles. The second kappa shape index (κ2) is 6.87. The standard InChI is InChI=1S/C16H15FN2O3S/c17-11-3-1-2-10(6-11)7-15-19-13(9-23-15)16(21)22-8-12-4-5-14(20)18-12/h1-3,6,9,12H,4-5,7-8H2,(H,18,20)/t12-/m1/s1. The first-order valence-electron chi connectivity index (χ1n) is 7.25. The van der Waals surface area contributed by atoms with Gasteiger partial charge in [0.15, 0.2) is 5.69 Å². The van der Waals surface area contributed by atoms with Gasteiger partial charge >= 0.3 is 5.97 Å². The van der Waals surface area contributed by atoms with E-state index in [2.05, 4.69) is 10.3 Å². The van der Waals surface area contributed by atoms with Gasteiger partial charge in [0, 0.05) is 18.2 Å². The summed E-state index contributed by atoms with van der Waals surface area (Å²) in [6.45, 7) is 0.154. The number of amides is 1. The Balaban J connectivity index is 1.55. The maximum Gasteiger partial charge on any atom is 0.357 e. The van der Waals surface area contributed by atoms with Crippen LogP contribution >= 0.6 is 11.3 Å². The molecule has 1 aliphatic heterocycles. The quantitative estimate of drug-likeness (QED) is 0.852. The largest absolute Gasteiger partial charge is 0.459 e. The summed E-state index contributed by atoms with van der Waals surface area (Å²) in [5, 5.41) is 5.08. The number of aromatic nitrogens is 1. The molecule has 0 radical (unpaired) electrons. The lowest BCUT2D eigenvalue weighted by Gasteiger charge is -2.09. The zero-order valence-electron chi connectivity index (χ0n) is 12.3. The fourth-order valence-electron chi connectivity index (χ4n) is 2.36. The highest BCUT2D eigenvalue weighted by Crippen LogP contribution is 2.16. The number of carbonyl (C=O) groups excluding carboxylic acids is 2. The van der Waals surface area contributed by atoms with Gasteiger partial charge in [0.25, 0.3) is 0 Å². The SMILES string of the molecule is O=C1CC[C@H](COC(=O)c2csc(Cc3cccc(F)c3)n2)N1. The van der Waals surface area contributed by atoms with Gasteiger partial charge in [0.05, 0.1) is 11.0 Å². The molecule has 23 heavy (non-hydrogen) atoms. The van der Waals surface area contributed by atoms with Crippen molar-refractivity contribution in [2.75, 3.05) is 6.61 Å². The van der Waals surface area contributed by atoms with E-state index in [0.29, 0.717) is 19.3 Å². The molecule has 2 heterocycles. The van der Waals surface area contributed by atoms with Gasteiger partial charge in [-0.25, -0.2) is 14.2 Å². The molecule has 0 bridgehead atoms. The number of nitrogens with zero attached hydrogens (tertiary/aromatic N) is 1. The van der Waals surface area contributed by atoms with E-state index in [1.165, 1.54) is 23.5 Å². The number of carbonyl (C=O) groups is 2. The molecule has 1 aromatic carbocycles. The summed E-state index contributed by atoms with van der Waals surface area (Å²) in [5.41, 5.74) is 1.04. The summed E-state index contributed by atoms with van der Waals surface area (Å²) in [5.74, 6) is -0.817. The minimum Gasteiger partial charge on any atom is -0.459 e. The number of hydrogen-bond donors (Lipinski definition) is 1. The molecular formula is C16H15FN2O3S. The molecule has 2 aromatic rings. The molecule has 1 fully saturated rings. The van der Waals surface area contributed by atoms with Gasteiger partial charge in [-0.05, 0) is 24.1 Å². The van der Waals surface area contributed by atoms with Crippen molar-refractivity contribution in [3.05, 3.63) is 51.7 Å². The van der Waals surface area contributed by atoms with Gasteiger partial charge in [-0.2, -0.15) is 0 Å². The third-order valence-corrected chi connectivity index (χ3v) is 4.35. The zero-order chi connectivity index (χ0) is 16.2. The van der Waals surface area contributed by atoms with Crippen LogP contribution in [0.1, 0.15) is 33.9 Å². The Hall–Kier alpha value is -2.28. The highest BCUT2D eigenvalue weighted by molar-refractivity contribution is 7.09. The summed E-state index contributed by atoms with van der Waals surface area (Å²) in [6, 6.07) is 6.17. The normalized spacial score (nSPS) is 17.1. The van der Waals surface area contributed by atoms with Crippen LogP contribution in [0.15, 0.2) is 29.6 Å². The molecule has 5 nitrogen and oxygen atoms in total. The number of benzene rings is 1. The van der Waals surface area contributed by atoms with Crippen LogP contribution in [0.4, 0.5) is 4.39 Å². The molecule has 1 N–H and O–H groups in total. The number of rotatable bonds is 5. The average Bonchev–Trinajstić information content (AvgIpc) is 3.14. The second-order valence-electron chi connectivity index (χ2n) is 5.33. The predicted molar refractivity (Wildman–Crippen MR) is 82.8 cm³/mol. The Kier molecular flexibility index (Phi) is 4.66. The molecular weight excluding hydrogens is 319 g/mol. The lowest BCUT2D eigenvalue weighted by molar-refractivity contribution is -0.119. The van der Waals surface area contributed by atoms with Crippen molar-refractivity contribution < 1.29 is 18.7 Å². The first-order valence-corrected chi connectivity index (χ1v) is 8.13. The fourth-order valence-corrected chi connectivity index (χ4v) is 3.16. The lowest BCUT2D eigenvalue weighted by Crippen LogP contribution is -2.30.